The monoisotopic (exact) mass is 233 g/mol. The first-order valence-electron chi connectivity index (χ1n) is 5.53. The highest BCUT2D eigenvalue weighted by atomic mass is 19.1. The van der Waals surface area contributed by atoms with Crippen LogP contribution in [-0.2, 0) is 5.54 Å². The lowest BCUT2D eigenvalue weighted by atomic mass is 10.1. The standard InChI is InChI=1S/C13H16FN3/c1-13(2,15-3)12-16-8-11(17-12)9-5-4-6-10(14)7-9/h4-8,15H,1-3H3,(H,16,17). The minimum Gasteiger partial charge on any atom is -0.340 e. The van der Waals surface area contributed by atoms with Crippen LogP contribution in [-0.4, -0.2) is 17.0 Å². The molecule has 90 valence electrons. The maximum Gasteiger partial charge on any atom is 0.126 e. The van der Waals surface area contributed by atoms with E-state index in [1.807, 2.05) is 27.0 Å². The van der Waals surface area contributed by atoms with Gasteiger partial charge in [0.1, 0.15) is 11.6 Å². The van der Waals surface area contributed by atoms with E-state index in [1.54, 1.807) is 12.3 Å². The van der Waals surface area contributed by atoms with E-state index in [0.29, 0.717) is 0 Å². The quantitative estimate of drug-likeness (QED) is 0.855. The summed E-state index contributed by atoms with van der Waals surface area (Å²) in [5.74, 6) is 0.589. The Morgan fingerprint density at radius 2 is 2.12 bits per heavy atom. The van der Waals surface area contributed by atoms with E-state index >= 15 is 0 Å². The Morgan fingerprint density at radius 1 is 1.35 bits per heavy atom. The molecule has 0 saturated carbocycles. The minimum atomic E-state index is -0.244. The minimum absolute atomic E-state index is 0.231. The van der Waals surface area contributed by atoms with E-state index < -0.39 is 0 Å². The van der Waals surface area contributed by atoms with E-state index in [4.69, 9.17) is 0 Å². The number of aromatic nitrogens is 2. The van der Waals surface area contributed by atoms with Crippen molar-refractivity contribution < 1.29 is 4.39 Å². The highest BCUT2D eigenvalue weighted by molar-refractivity contribution is 5.58. The average Bonchev–Trinajstić information content (AvgIpc) is 2.79. The van der Waals surface area contributed by atoms with Crippen molar-refractivity contribution in [2.75, 3.05) is 7.05 Å². The highest BCUT2D eigenvalue weighted by Crippen LogP contribution is 2.22. The van der Waals surface area contributed by atoms with E-state index in [1.165, 1.54) is 12.1 Å². The molecular formula is C13H16FN3. The summed E-state index contributed by atoms with van der Waals surface area (Å²) in [5.41, 5.74) is 1.39. The lowest BCUT2D eigenvalue weighted by molar-refractivity contribution is 0.421. The number of rotatable bonds is 3. The van der Waals surface area contributed by atoms with Gasteiger partial charge in [-0.3, -0.25) is 0 Å². The molecule has 0 amide bonds. The predicted molar refractivity (Wildman–Crippen MR) is 66.1 cm³/mol. The molecule has 0 aliphatic carbocycles. The van der Waals surface area contributed by atoms with Crippen LogP contribution in [0.5, 0.6) is 0 Å². The molecule has 1 heterocycles. The van der Waals surface area contributed by atoms with Gasteiger partial charge in [0.25, 0.3) is 0 Å². The second-order valence-corrected chi connectivity index (χ2v) is 4.53. The first kappa shape index (κ1) is 11.8. The third-order valence-electron chi connectivity index (χ3n) is 2.93. The van der Waals surface area contributed by atoms with Gasteiger partial charge in [0.15, 0.2) is 0 Å². The molecule has 0 atom stereocenters. The van der Waals surface area contributed by atoms with Crippen molar-refractivity contribution in [3.63, 3.8) is 0 Å². The lowest BCUT2D eigenvalue weighted by Gasteiger charge is -2.20. The van der Waals surface area contributed by atoms with Crippen LogP contribution >= 0.6 is 0 Å². The largest absolute Gasteiger partial charge is 0.340 e. The van der Waals surface area contributed by atoms with Gasteiger partial charge in [0.05, 0.1) is 17.4 Å². The predicted octanol–water partition coefficient (Wildman–Crippen LogP) is 2.67. The van der Waals surface area contributed by atoms with Gasteiger partial charge in [0.2, 0.25) is 0 Å². The van der Waals surface area contributed by atoms with Crippen LogP contribution in [0.15, 0.2) is 30.5 Å². The van der Waals surface area contributed by atoms with Crippen LogP contribution in [0.4, 0.5) is 4.39 Å². The summed E-state index contributed by atoms with van der Waals surface area (Å²) in [6.07, 6.45) is 1.73. The molecule has 0 saturated heterocycles. The molecule has 2 N–H and O–H groups in total. The van der Waals surface area contributed by atoms with E-state index in [2.05, 4.69) is 15.3 Å². The number of imidazole rings is 1. The third kappa shape index (κ3) is 2.36. The number of nitrogens with one attached hydrogen (secondary N) is 2. The molecule has 0 spiro atoms. The molecule has 2 aromatic rings. The Hall–Kier alpha value is -1.68. The number of aromatic amines is 1. The second kappa shape index (κ2) is 4.30. The van der Waals surface area contributed by atoms with Crippen molar-refractivity contribution in [3.05, 3.63) is 42.1 Å². The van der Waals surface area contributed by atoms with E-state index in [0.717, 1.165) is 17.1 Å². The van der Waals surface area contributed by atoms with Gasteiger partial charge in [-0.05, 0) is 33.0 Å². The second-order valence-electron chi connectivity index (χ2n) is 4.53. The Labute approximate surface area is 100 Å². The number of nitrogens with zero attached hydrogens (tertiary/aromatic N) is 1. The number of H-pyrrole nitrogens is 1. The zero-order chi connectivity index (χ0) is 12.5. The zero-order valence-electron chi connectivity index (χ0n) is 10.2. The van der Waals surface area contributed by atoms with Crippen molar-refractivity contribution in [1.29, 1.82) is 0 Å². The highest BCUT2D eigenvalue weighted by Gasteiger charge is 2.21. The molecular weight excluding hydrogens is 217 g/mol. The van der Waals surface area contributed by atoms with Crippen LogP contribution in [0, 0.1) is 5.82 Å². The Balaban J connectivity index is 2.36. The van der Waals surface area contributed by atoms with Crippen molar-refractivity contribution in [2.24, 2.45) is 0 Å². The Morgan fingerprint density at radius 3 is 2.76 bits per heavy atom. The molecule has 0 radical (unpaired) electrons. The summed E-state index contributed by atoms with van der Waals surface area (Å²) in [7, 11) is 1.88. The molecule has 4 heteroatoms. The van der Waals surface area contributed by atoms with Crippen LogP contribution in [0.1, 0.15) is 19.7 Å². The molecule has 0 fully saturated rings. The van der Waals surface area contributed by atoms with Gasteiger partial charge in [0, 0.05) is 5.56 Å². The molecule has 2 rings (SSSR count). The van der Waals surface area contributed by atoms with Crippen molar-refractivity contribution in [3.8, 4) is 11.3 Å². The molecule has 0 unspecified atom stereocenters. The number of halogens is 1. The van der Waals surface area contributed by atoms with Gasteiger partial charge in [-0.25, -0.2) is 9.37 Å². The first-order chi connectivity index (χ1) is 8.03. The number of benzene rings is 1. The molecule has 0 aliphatic rings. The summed E-state index contributed by atoms with van der Waals surface area (Å²) < 4.78 is 13.1. The summed E-state index contributed by atoms with van der Waals surface area (Å²) in [6.45, 7) is 4.06. The fourth-order valence-electron chi connectivity index (χ4n) is 1.56. The smallest absolute Gasteiger partial charge is 0.126 e. The summed E-state index contributed by atoms with van der Waals surface area (Å²) in [6, 6.07) is 6.46. The normalized spacial score (nSPS) is 11.8. The fourth-order valence-corrected chi connectivity index (χ4v) is 1.56. The van der Waals surface area contributed by atoms with Gasteiger partial charge in [-0.15, -0.1) is 0 Å². The molecule has 0 aliphatic heterocycles. The summed E-state index contributed by atoms with van der Waals surface area (Å²) in [5, 5.41) is 3.17. The Bertz CT molecular complexity index is 517. The van der Waals surface area contributed by atoms with E-state index in [-0.39, 0.29) is 11.4 Å². The lowest BCUT2D eigenvalue weighted by Crippen LogP contribution is -2.34. The SMILES string of the molecule is CNC(C)(C)c1ncc(-c2cccc(F)c2)[nH]1. The number of hydrogen-bond acceptors (Lipinski definition) is 2. The zero-order valence-corrected chi connectivity index (χ0v) is 10.2. The number of hydrogen-bond donors (Lipinski definition) is 2. The fraction of sp³-hybridized carbons (Fsp3) is 0.308. The summed E-state index contributed by atoms with van der Waals surface area (Å²) in [4.78, 5) is 7.53. The van der Waals surface area contributed by atoms with Gasteiger partial charge in [-0.1, -0.05) is 12.1 Å². The molecule has 0 bridgehead atoms. The molecule has 3 nitrogen and oxygen atoms in total. The van der Waals surface area contributed by atoms with E-state index in [9.17, 15) is 4.39 Å². The first-order valence-corrected chi connectivity index (χ1v) is 5.53. The summed E-state index contributed by atoms with van der Waals surface area (Å²) >= 11 is 0. The van der Waals surface area contributed by atoms with Crippen LogP contribution in [0.3, 0.4) is 0 Å². The maximum atomic E-state index is 13.1. The van der Waals surface area contributed by atoms with Crippen LogP contribution in [0.25, 0.3) is 11.3 Å². The van der Waals surface area contributed by atoms with Gasteiger partial charge < -0.3 is 10.3 Å². The van der Waals surface area contributed by atoms with Crippen molar-refractivity contribution >= 4 is 0 Å². The van der Waals surface area contributed by atoms with Gasteiger partial charge >= 0.3 is 0 Å². The molecule has 1 aromatic heterocycles. The third-order valence-corrected chi connectivity index (χ3v) is 2.93. The topological polar surface area (TPSA) is 40.7 Å². The van der Waals surface area contributed by atoms with Crippen molar-refractivity contribution in [1.82, 2.24) is 15.3 Å². The Kier molecular flexibility index (Phi) is 2.98. The van der Waals surface area contributed by atoms with Crippen LogP contribution in [0.2, 0.25) is 0 Å². The van der Waals surface area contributed by atoms with Gasteiger partial charge in [-0.2, -0.15) is 0 Å². The average molecular weight is 233 g/mol. The molecule has 1 aromatic carbocycles. The maximum absolute atomic E-state index is 13.1. The van der Waals surface area contributed by atoms with Crippen molar-refractivity contribution in [2.45, 2.75) is 19.4 Å². The van der Waals surface area contributed by atoms with Crippen LogP contribution < -0.4 is 5.32 Å². The molecule has 17 heavy (non-hydrogen) atoms.